The number of benzene rings is 2. The van der Waals surface area contributed by atoms with Crippen LogP contribution in [-0.4, -0.2) is 18.2 Å². The third-order valence-corrected chi connectivity index (χ3v) is 5.02. The molecule has 0 radical (unpaired) electrons. The first-order valence-corrected chi connectivity index (χ1v) is 8.37. The van der Waals surface area contributed by atoms with E-state index in [2.05, 4.69) is 60.8 Å². The highest BCUT2D eigenvalue weighted by atomic mass is 16.5. The topological polar surface area (TPSA) is 21.3 Å². The summed E-state index contributed by atoms with van der Waals surface area (Å²) in [4.78, 5) is 0. The van der Waals surface area contributed by atoms with Gasteiger partial charge in [-0.15, -0.1) is 0 Å². The van der Waals surface area contributed by atoms with Crippen molar-refractivity contribution in [2.45, 2.75) is 50.8 Å². The van der Waals surface area contributed by atoms with E-state index < -0.39 is 0 Å². The smallest absolute Gasteiger partial charge is 0.123 e. The van der Waals surface area contributed by atoms with E-state index in [0.717, 1.165) is 18.6 Å². The molecule has 0 saturated carbocycles. The van der Waals surface area contributed by atoms with Crippen molar-refractivity contribution in [3.8, 4) is 16.9 Å². The van der Waals surface area contributed by atoms with Gasteiger partial charge in [0.15, 0.2) is 0 Å². The summed E-state index contributed by atoms with van der Waals surface area (Å²) < 4.78 is 6.39. The lowest BCUT2D eigenvalue weighted by Crippen LogP contribution is -2.42. The molecule has 2 bridgehead atoms. The molecule has 3 atom stereocenters. The van der Waals surface area contributed by atoms with Crippen LogP contribution in [0, 0.1) is 6.92 Å². The number of piperidine rings is 1. The fraction of sp³-hybridized carbons (Fsp3) is 0.400. The van der Waals surface area contributed by atoms with Gasteiger partial charge in [0.1, 0.15) is 11.9 Å². The Morgan fingerprint density at radius 1 is 0.909 bits per heavy atom. The molecule has 1 unspecified atom stereocenters. The summed E-state index contributed by atoms with van der Waals surface area (Å²) in [5, 5.41) is 3.68. The second-order valence-electron chi connectivity index (χ2n) is 6.70. The Hall–Kier alpha value is -1.80. The van der Waals surface area contributed by atoms with Gasteiger partial charge < -0.3 is 10.1 Å². The van der Waals surface area contributed by atoms with Crippen molar-refractivity contribution < 1.29 is 4.74 Å². The molecule has 2 heteroatoms. The summed E-state index contributed by atoms with van der Waals surface area (Å²) in [5.41, 5.74) is 3.71. The second kappa shape index (κ2) is 5.77. The zero-order chi connectivity index (χ0) is 14.9. The number of nitrogens with one attached hydrogen (secondary N) is 1. The van der Waals surface area contributed by atoms with Crippen LogP contribution >= 0.6 is 0 Å². The first-order valence-electron chi connectivity index (χ1n) is 8.37. The fourth-order valence-corrected chi connectivity index (χ4v) is 3.82. The first-order chi connectivity index (χ1) is 10.8. The normalized spacial score (nSPS) is 26.9. The highest BCUT2D eigenvalue weighted by Gasteiger charge is 2.34. The molecule has 114 valence electrons. The van der Waals surface area contributed by atoms with Gasteiger partial charge in [0.05, 0.1) is 0 Å². The van der Waals surface area contributed by atoms with Crippen LogP contribution < -0.4 is 10.1 Å². The standard InChI is InChI=1S/C20H23NO/c1-14-7-8-16(15-5-3-2-4-6-15)11-20(14)22-19-12-17-9-10-18(13-19)21-17/h2-8,11,17-19,21H,9-10,12-13H2,1H3/t17-,18+,19?. The van der Waals surface area contributed by atoms with Crippen LogP contribution in [-0.2, 0) is 0 Å². The molecule has 2 aliphatic heterocycles. The minimum absolute atomic E-state index is 0.364. The van der Waals surface area contributed by atoms with Gasteiger partial charge in [-0.25, -0.2) is 0 Å². The molecule has 4 rings (SSSR count). The van der Waals surface area contributed by atoms with Crippen molar-refractivity contribution in [3.05, 3.63) is 54.1 Å². The molecule has 2 aliphatic rings. The molecule has 2 nitrogen and oxygen atoms in total. The summed E-state index contributed by atoms with van der Waals surface area (Å²) >= 11 is 0. The Balaban J connectivity index is 1.56. The SMILES string of the molecule is Cc1ccc(-c2ccccc2)cc1OC1C[C@H]2CC[C@@H](C1)N2. The maximum atomic E-state index is 6.39. The van der Waals surface area contributed by atoms with E-state index in [-0.39, 0.29) is 0 Å². The summed E-state index contributed by atoms with van der Waals surface area (Å²) in [6.07, 6.45) is 5.28. The molecule has 2 fully saturated rings. The molecule has 1 N–H and O–H groups in total. The largest absolute Gasteiger partial charge is 0.490 e. The van der Waals surface area contributed by atoms with E-state index in [0.29, 0.717) is 18.2 Å². The van der Waals surface area contributed by atoms with Crippen LogP contribution in [0.4, 0.5) is 0 Å². The third kappa shape index (κ3) is 2.76. The van der Waals surface area contributed by atoms with Crippen molar-refractivity contribution in [1.29, 1.82) is 0 Å². The minimum atomic E-state index is 0.364. The van der Waals surface area contributed by atoms with Crippen LogP contribution in [0.3, 0.4) is 0 Å². The van der Waals surface area contributed by atoms with Crippen LogP contribution in [0.5, 0.6) is 5.75 Å². The molecule has 2 saturated heterocycles. The van der Waals surface area contributed by atoms with Gasteiger partial charge in [0, 0.05) is 12.1 Å². The lowest BCUT2D eigenvalue weighted by atomic mass is 10.0. The number of rotatable bonds is 3. The third-order valence-electron chi connectivity index (χ3n) is 5.02. The van der Waals surface area contributed by atoms with Gasteiger partial charge in [-0.1, -0.05) is 42.5 Å². The molecule has 0 amide bonds. The first kappa shape index (κ1) is 13.8. The summed E-state index contributed by atoms with van der Waals surface area (Å²) in [5.74, 6) is 1.05. The zero-order valence-electron chi connectivity index (χ0n) is 13.1. The molecule has 2 aromatic rings. The number of fused-ring (bicyclic) bond motifs is 2. The van der Waals surface area contributed by atoms with Crippen LogP contribution in [0.25, 0.3) is 11.1 Å². The quantitative estimate of drug-likeness (QED) is 0.909. The van der Waals surface area contributed by atoms with E-state index in [1.54, 1.807) is 0 Å². The number of hydrogen-bond donors (Lipinski definition) is 1. The summed E-state index contributed by atoms with van der Waals surface area (Å²) in [6.45, 7) is 2.14. The Labute approximate surface area is 132 Å². The van der Waals surface area contributed by atoms with E-state index in [9.17, 15) is 0 Å². The Morgan fingerprint density at radius 2 is 1.64 bits per heavy atom. The average molecular weight is 293 g/mol. The van der Waals surface area contributed by atoms with Gasteiger partial charge in [-0.05, 0) is 55.4 Å². The maximum absolute atomic E-state index is 6.39. The molecule has 2 heterocycles. The Morgan fingerprint density at radius 3 is 2.36 bits per heavy atom. The van der Waals surface area contributed by atoms with Crippen molar-refractivity contribution in [1.82, 2.24) is 5.32 Å². The Bertz CT molecular complexity index is 640. The highest BCUT2D eigenvalue weighted by molar-refractivity contribution is 5.65. The lowest BCUT2D eigenvalue weighted by molar-refractivity contribution is 0.136. The zero-order valence-corrected chi connectivity index (χ0v) is 13.1. The van der Waals surface area contributed by atoms with Crippen molar-refractivity contribution >= 4 is 0 Å². The van der Waals surface area contributed by atoms with Gasteiger partial charge in [0.2, 0.25) is 0 Å². The van der Waals surface area contributed by atoms with Crippen molar-refractivity contribution in [2.24, 2.45) is 0 Å². The Kier molecular flexibility index (Phi) is 3.63. The van der Waals surface area contributed by atoms with E-state index in [1.807, 2.05) is 0 Å². The van der Waals surface area contributed by atoms with Crippen LogP contribution in [0.1, 0.15) is 31.2 Å². The molecular formula is C20H23NO. The second-order valence-corrected chi connectivity index (χ2v) is 6.70. The predicted octanol–water partition coefficient (Wildman–Crippen LogP) is 4.32. The van der Waals surface area contributed by atoms with Gasteiger partial charge in [-0.2, -0.15) is 0 Å². The lowest BCUT2D eigenvalue weighted by Gasteiger charge is -2.30. The van der Waals surface area contributed by atoms with Crippen LogP contribution in [0.2, 0.25) is 0 Å². The average Bonchev–Trinajstić information content (AvgIpc) is 2.89. The molecule has 0 spiro atoms. The summed E-state index contributed by atoms with van der Waals surface area (Å²) in [7, 11) is 0. The number of ether oxygens (including phenoxy) is 1. The number of aryl methyl sites for hydroxylation is 1. The molecular weight excluding hydrogens is 270 g/mol. The molecule has 22 heavy (non-hydrogen) atoms. The van der Waals surface area contributed by atoms with Gasteiger partial charge in [-0.3, -0.25) is 0 Å². The number of hydrogen-bond acceptors (Lipinski definition) is 2. The van der Waals surface area contributed by atoms with Gasteiger partial charge >= 0.3 is 0 Å². The van der Waals surface area contributed by atoms with Crippen LogP contribution in [0.15, 0.2) is 48.5 Å². The molecule has 2 aromatic carbocycles. The van der Waals surface area contributed by atoms with E-state index >= 15 is 0 Å². The van der Waals surface area contributed by atoms with E-state index in [4.69, 9.17) is 4.74 Å². The molecule has 0 aliphatic carbocycles. The van der Waals surface area contributed by atoms with Crippen molar-refractivity contribution in [2.75, 3.05) is 0 Å². The van der Waals surface area contributed by atoms with Gasteiger partial charge in [0.25, 0.3) is 0 Å². The monoisotopic (exact) mass is 293 g/mol. The fourth-order valence-electron chi connectivity index (χ4n) is 3.82. The summed E-state index contributed by atoms with van der Waals surface area (Å²) in [6, 6.07) is 18.4. The highest BCUT2D eigenvalue weighted by Crippen LogP contribution is 2.32. The van der Waals surface area contributed by atoms with Crippen molar-refractivity contribution in [3.63, 3.8) is 0 Å². The minimum Gasteiger partial charge on any atom is -0.490 e. The predicted molar refractivity (Wildman–Crippen MR) is 90.2 cm³/mol. The molecule has 0 aromatic heterocycles. The van der Waals surface area contributed by atoms with E-state index in [1.165, 1.54) is 29.5 Å². The maximum Gasteiger partial charge on any atom is 0.123 e.